The van der Waals surface area contributed by atoms with Gasteiger partial charge in [0.05, 0.1) is 15.8 Å². The zero-order chi connectivity index (χ0) is 18.4. The Bertz CT molecular complexity index is 925. The third-order valence-electron chi connectivity index (χ3n) is 5.91. The van der Waals surface area contributed by atoms with Crippen molar-refractivity contribution in [1.29, 1.82) is 0 Å². The fourth-order valence-electron chi connectivity index (χ4n) is 3.90. The highest BCUT2D eigenvalue weighted by atomic mass is 32.2. The molecule has 0 aliphatic heterocycles. The molecule has 0 bridgehead atoms. The van der Waals surface area contributed by atoms with Crippen LogP contribution in [0.5, 0.6) is 0 Å². The van der Waals surface area contributed by atoms with Crippen molar-refractivity contribution in [2.75, 3.05) is 6.26 Å². The molecule has 26 heavy (non-hydrogen) atoms. The van der Waals surface area contributed by atoms with Crippen molar-refractivity contribution in [3.63, 3.8) is 0 Å². The minimum Gasteiger partial charge on any atom is -0.346 e. The first-order chi connectivity index (χ1) is 12.4. The quantitative estimate of drug-likeness (QED) is 0.879. The Morgan fingerprint density at radius 3 is 1.96 bits per heavy atom. The molecule has 2 aromatic rings. The molecule has 0 heterocycles. The van der Waals surface area contributed by atoms with E-state index in [0.29, 0.717) is 4.90 Å². The average Bonchev–Trinajstić information content (AvgIpc) is 3.35. The van der Waals surface area contributed by atoms with Gasteiger partial charge in [-0.25, -0.2) is 8.42 Å². The molecule has 0 spiro atoms. The Morgan fingerprint density at radius 1 is 0.885 bits per heavy atom. The average molecular weight is 369 g/mol. The van der Waals surface area contributed by atoms with Gasteiger partial charge in [0.25, 0.3) is 0 Å². The van der Waals surface area contributed by atoms with Crippen molar-refractivity contribution >= 4 is 15.7 Å². The van der Waals surface area contributed by atoms with Gasteiger partial charge in [-0.05, 0) is 48.9 Å². The summed E-state index contributed by atoms with van der Waals surface area (Å²) in [6.07, 6.45) is 5.76. The van der Waals surface area contributed by atoms with E-state index in [4.69, 9.17) is 0 Å². The van der Waals surface area contributed by atoms with Gasteiger partial charge >= 0.3 is 0 Å². The van der Waals surface area contributed by atoms with Crippen LogP contribution in [0.1, 0.15) is 43.2 Å². The second kappa shape index (κ2) is 5.95. The van der Waals surface area contributed by atoms with Gasteiger partial charge in [0, 0.05) is 6.26 Å². The molecule has 4 rings (SSSR count). The van der Waals surface area contributed by atoms with Crippen molar-refractivity contribution in [1.82, 2.24) is 5.32 Å². The standard InChI is InChI=1S/C21H23NO3S/c1-26(24,25)18-10-8-16(9-11-18)20(12-5-13-20)19(23)22-21(14-15-21)17-6-3-2-4-7-17/h2-4,6-11H,5,12-15H2,1H3,(H,22,23). The smallest absolute Gasteiger partial charge is 0.231 e. The van der Waals surface area contributed by atoms with Crippen LogP contribution in [0, 0.1) is 0 Å². The lowest BCUT2D eigenvalue weighted by molar-refractivity contribution is -0.131. The molecule has 136 valence electrons. The molecule has 4 nitrogen and oxygen atoms in total. The van der Waals surface area contributed by atoms with Crippen LogP contribution < -0.4 is 5.32 Å². The van der Waals surface area contributed by atoms with Gasteiger partial charge in [-0.1, -0.05) is 48.9 Å². The highest BCUT2D eigenvalue weighted by molar-refractivity contribution is 7.90. The number of benzene rings is 2. The van der Waals surface area contributed by atoms with Gasteiger partial charge < -0.3 is 5.32 Å². The SMILES string of the molecule is CS(=O)(=O)c1ccc(C2(C(=O)NC3(c4ccccc4)CC3)CCC2)cc1. The number of amides is 1. The fourth-order valence-corrected chi connectivity index (χ4v) is 4.53. The lowest BCUT2D eigenvalue weighted by Crippen LogP contribution is -2.52. The van der Waals surface area contributed by atoms with Crippen LogP contribution >= 0.6 is 0 Å². The highest BCUT2D eigenvalue weighted by Crippen LogP contribution is 2.49. The van der Waals surface area contributed by atoms with E-state index in [1.807, 2.05) is 18.2 Å². The van der Waals surface area contributed by atoms with E-state index in [2.05, 4.69) is 17.4 Å². The Hall–Kier alpha value is -2.14. The normalized spacial score (nSPS) is 20.0. The van der Waals surface area contributed by atoms with E-state index in [1.54, 1.807) is 24.3 Å². The van der Waals surface area contributed by atoms with Gasteiger partial charge in [-0.3, -0.25) is 4.79 Å². The second-order valence-electron chi connectivity index (χ2n) is 7.63. The number of rotatable bonds is 5. The number of nitrogens with one attached hydrogen (secondary N) is 1. The Labute approximate surface area is 154 Å². The topological polar surface area (TPSA) is 63.2 Å². The molecular weight excluding hydrogens is 346 g/mol. The molecule has 1 amide bonds. The summed E-state index contributed by atoms with van der Waals surface area (Å²) in [5.74, 6) is 0.0669. The Balaban J connectivity index is 1.60. The van der Waals surface area contributed by atoms with Gasteiger partial charge in [0.2, 0.25) is 5.91 Å². The summed E-state index contributed by atoms with van der Waals surface area (Å²) in [7, 11) is -3.23. The lowest BCUT2D eigenvalue weighted by Gasteiger charge is -2.42. The third kappa shape index (κ3) is 2.84. The largest absolute Gasteiger partial charge is 0.346 e. The summed E-state index contributed by atoms with van der Waals surface area (Å²) in [6, 6.07) is 17.0. The van der Waals surface area contributed by atoms with E-state index >= 15 is 0 Å². The predicted molar refractivity (Wildman–Crippen MR) is 101 cm³/mol. The summed E-state index contributed by atoms with van der Waals surface area (Å²) in [4.78, 5) is 13.5. The summed E-state index contributed by atoms with van der Waals surface area (Å²) in [6.45, 7) is 0. The summed E-state index contributed by atoms with van der Waals surface area (Å²) in [5.41, 5.74) is 1.32. The van der Waals surface area contributed by atoms with Crippen molar-refractivity contribution in [2.45, 2.75) is 48.0 Å². The zero-order valence-corrected chi connectivity index (χ0v) is 15.7. The van der Waals surface area contributed by atoms with Gasteiger partial charge in [-0.15, -0.1) is 0 Å². The second-order valence-corrected chi connectivity index (χ2v) is 9.65. The first kappa shape index (κ1) is 17.3. The van der Waals surface area contributed by atoms with Crippen molar-refractivity contribution < 1.29 is 13.2 Å². The molecular formula is C21H23NO3S. The summed E-state index contributed by atoms with van der Waals surface area (Å²) < 4.78 is 23.4. The van der Waals surface area contributed by atoms with Gasteiger partial charge in [0.1, 0.15) is 0 Å². The zero-order valence-electron chi connectivity index (χ0n) is 14.9. The molecule has 0 aromatic heterocycles. The van der Waals surface area contributed by atoms with Gasteiger partial charge in [-0.2, -0.15) is 0 Å². The maximum Gasteiger partial charge on any atom is 0.231 e. The molecule has 2 aliphatic carbocycles. The van der Waals surface area contributed by atoms with Crippen LogP contribution in [0.2, 0.25) is 0 Å². The van der Waals surface area contributed by atoms with Gasteiger partial charge in [0.15, 0.2) is 9.84 Å². The van der Waals surface area contributed by atoms with E-state index < -0.39 is 15.3 Å². The third-order valence-corrected chi connectivity index (χ3v) is 7.03. The van der Waals surface area contributed by atoms with Crippen LogP contribution in [0.4, 0.5) is 0 Å². The molecule has 2 aromatic carbocycles. The molecule has 0 saturated heterocycles. The van der Waals surface area contributed by atoms with Crippen LogP contribution in [-0.2, 0) is 25.6 Å². The maximum atomic E-state index is 13.2. The molecule has 2 aliphatic rings. The first-order valence-corrected chi connectivity index (χ1v) is 10.9. The lowest BCUT2D eigenvalue weighted by atomic mass is 9.63. The van der Waals surface area contributed by atoms with E-state index in [-0.39, 0.29) is 11.4 Å². The number of sulfone groups is 1. The van der Waals surface area contributed by atoms with Crippen LogP contribution in [-0.4, -0.2) is 20.6 Å². The molecule has 5 heteroatoms. The summed E-state index contributed by atoms with van der Waals surface area (Å²) >= 11 is 0. The van der Waals surface area contributed by atoms with Crippen LogP contribution in [0.15, 0.2) is 59.5 Å². The molecule has 2 saturated carbocycles. The Morgan fingerprint density at radius 2 is 1.50 bits per heavy atom. The predicted octanol–water partition coefficient (Wildman–Crippen LogP) is 3.32. The summed E-state index contributed by atoms with van der Waals surface area (Å²) in [5, 5.41) is 3.31. The number of carbonyl (C=O) groups is 1. The minimum atomic E-state index is -3.23. The first-order valence-electron chi connectivity index (χ1n) is 9.05. The highest BCUT2D eigenvalue weighted by Gasteiger charge is 2.52. The van der Waals surface area contributed by atoms with E-state index in [1.165, 1.54) is 6.26 Å². The van der Waals surface area contributed by atoms with E-state index in [9.17, 15) is 13.2 Å². The number of hydrogen-bond acceptors (Lipinski definition) is 3. The van der Waals surface area contributed by atoms with Crippen molar-refractivity contribution in [2.24, 2.45) is 0 Å². The van der Waals surface area contributed by atoms with Crippen LogP contribution in [0.25, 0.3) is 0 Å². The Kier molecular flexibility index (Phi) is 3.95. The number of hydrogen-bond donors (Lipinski definition) is 1. The monoisotopic (exact) mass is 369 g/mol. The van der Waals surface area contributed by atoms with E-state index in [0.717, 1.165) is 43.2 Å². The van der Waals surface area contributed by atoms with Crippen LogP contribution in [0.3, 0.4) is 0 Å². The molecule has 1 N–H and O–H groups in total. The van der Waals surface area contributed by atoms with Crippen molar-refractivity contribution in [3.05, 3.63) is 65.7 Å². The minimum absolute atomic E-state index is 0.0669. The van der Waals surface area contributed by atoms with Crippen molar-refractivity contribution in [3.8, 4) is 0 Å². The maximum absolute atomic E-state index is 13.2. The molecule has 0 atom stereocenters. The molecule has 0 radical (unpaired) electrons. The molecule has 0 unspecified atom stereocenters. The fraction of sp³-hybridized carbons (Fsp3) is 0.381. The number of carbonyl (C=O) groups excluding carboxylic acids is 1. The molecule has 2 fully saturated rings.